The van der Waals surface area contributed by atoms with Crippen molar-refractivity contribution in [1.29, 1.82) is 0 Å². The zero-order valence-electron chi connectivity index (χ0n) is 14.4. The van der Waals surface area contributed by atoms with Crippen molar-refractivity contribution >= 4 is 12.3 Å². The van der Waals surface area contributed by atoms with Gasteiger partial charge in [-0.25, -0.2) is 0 Å². The molecule has 0 unspecified atom stereocenters. The van der Waals surface area contributed by atoms with Crippen LogP contribution in [0.25, 0.3) is 0 Å². The molecular weight excluding hydrogens is 264 g/mol. The van der Waals surface area contributed by atoms with Gasteiger partial charge in [-0.05, 0) is 31.0 Å². The molecule has 0 saturated heterocycles. The highest BCUT2D eigenvalue weighted by Gasteiger charge is 2.27. The maximum Gasteiger partial charge on any atom is 0.310 e. The van der Waals surface area contributed by atoms with E-state index in [9.17, 15) is 9.59 Å². The fourth-order valence-electron chi connectivity index (χ4n) is 2.38. The molecule has 118 valence electrons. The Hall–Kier alpha value is -1.64. The van der Waals surface area contributed by atoms with E-state index in [1.807, 2.05) is 53.7 Å². The number of aryl methyl sites for hydroxylation is 2. The van der Waals surface area contributed by atoms with Crippen LogP contribution in [0.5, 0.6) is 5.75 Å². The van der Waals surface area contributed by atoms with Crippen LogP contribution in [0.2, 0.25) is 0 Å². The lowest BCUT2D eigenvalue weighted by Crippen LogP contribution is -2.22. The maximum atomic E-state index is 11.5. The Balaban J connectivity index is 0.00000191. The Kier molecular flexibility index (Phi) is 7.93. The summed E-state index contributed by atoms with van der Waals surface area (Å²) in [4.78, 5) is 22.4. The number of carbonyl (C=O) groups excluding carboxylic acids is 2. The second kappa shape index (κ2) is 8.60. The second-order valence-electron chi connectivity index (χ2n) is 5.54. The van der Waals surface area contributed by atoms with Gasteiger partial charge in [0.2, 0.25) is 0 Å². The molecule has 0 saturated carbocycles. The maximum absolute atomic E-state index is 11.5. The van der Waals surface area contributed by atoms with Crippen LogP contribution in [0.4, 0.5) is 0 Å². The number of aldehydes is 1. The van der Waals surface area contributed by atoms with Crippen molar-refractivity contribution < 1.29 is 14.3 Å². The lowest BCUT2D eigenvalue weighted by Gasteiger charge is -2.27. The van der Waals surface area contributed by atoms with Gasteiger partial charge >= 0.3 is 5.97 Å². The third-order valence-corrected chi connectivity index (χ3v) is 3.23. The molecule has 0 bridgehead atoms. The van der Waals surface area contributed by atoms with Gasteiger partial charge in [-0.1, -0.05) is 40.7 Å². The zero-order valence-corrected chi connectivity index (χ0v) is 14.4. The Bertz CT molecular complexity index is 487. The molecule has 1 aromatic carbocycles. The Labute approximate surface area is 128 Å². The molecule has 3 heteroatoms. The van der Waals surface area contributed by atoms with Gasteiger partial charge in [0.25, 0.3) is 0 Å². The predicted octanol–water partition coefficient (Wildman–Crippen LogP) is 4.51. The minimum Gasteiger partial charge on any atom is -0.426 e. The van der Waals surface area contributed by atoms with Crippen molar-refractivity contribution in [3.63, 3.8) is 0 Å². The van der Waals surface area contributed by atoms with Crippen LogP contribution in [-0.4, -0.2) is 12.3 Å². The first-order chi connectivity index (χ1) is 9.81. The van der Waals surface area contributed by atoms with E-state index in [-0.39, 0.29) is 11.4 Å². The first-order valence-corrected chi connectivity index (χ1v) is 7.58. The van der Waals surface area contributed by atoms with Crippen LogP contribution in [0.1, 0.15) is 64.2 Å². The van der Waals surface area contributed by atoms with Crippen molar-refractivity contribution in [2.24, 2.45) is 0 Å². The largest absolute Gasteiger partial charge is 0.426 e. The molecule has 0 atom stereocenters. The highest BCUT2D eigenvalue weighted by atomic mass is 16.5. The van der Waals surface area contributed by atoms with Gasteiger partial charge in [-0.15, -0.1) is 0 Å². The van der Waals surface area contributed by atoms with Crippen LogP contribution < -0.4 is 4.74 Å². The zero-order chi connectivity index (χ0) is 16.6. The minimum atomic E-state index is -0.344. The summed E-state index contributed by atoms with van der Waals surface area (Å²) in [6.45, 7) is 13.7. The van der Waals surface area contributed by atoms with Crippen molar-refractivity contribution in [3.8, 4) is 5.75 Å². The second-order valence-corrected chi connectivity index (χ2v) is 5.54. The van der Waals surface area contributed by atoms with Crippen molar-refractivity contribution in [2.45, 2.75) is 66.7 Å². The summed E-state index contributed by atoms with van der Waals surface area (Å²) in [6, 6.07) is 3.91. The van der Waals surface area contributed by atoms with Crippen LogP contribution >= 0.6 is 0 Å². The summed E-state index contributed by atoms with van der Waals surface area (Å²) < 4.78 is 5.43. The SMILES string of the molecule is CC.CCC(=O)Oc1cc(C)cc(C)c1C(C)(C)CC=O. The van der Waals surface area contributed by atoms with Gasteiger partial charge in [0.15, 0.2) is 0 Å². The van der Waals surface area contributed by atoms with Crippen LogP contribution in [-0.2, 0) is 15.0 Å². The lowest BCUT2D eigenvalue weighted by atomic mass is 9.78. The van der Waals surface area contributed by atoms with Crippen LogP contribution in [0.3, 0.4) is 0 Å². The molecule has 21 heavy (non-hydrogen) atoms. The molecule has 0 aromatic heterocycles. The van der Waals surface area contributed by atoms with E-state index in [2.05, 4.69) is 0 Å². The first kappa shape index (κ1) is 19.4. The van der Waals surface area contributed by atoms with E-state index in [1.54, 1.807) is 6.92 Å². The highest BCUT2D eigenvalue weighted by molar-refractivity contribution is 5.73. The lowest BCUT2D eigenvalue weighted by molar-refractivity contribution is -0.134. The number of carbonyl (C=O) groups is 2. The molecule has 1 rings (SSSR count). The van der Waals surface area contributed by atoms with Gasteiger partial charge < -0.3 is 9.53 Å². The van der Waals surface area contributed by atoms with Crippen molar-refractivity contribution in [2.75, 3.05) is 0 Å². The van der Waals surface area contributed by atoms with Crippen molar-refractivity contribution in [1.82, 2.24) is 0 Å². The number of rotatable bonds is 5. The summed E-state index contributed by atoms with van der Waals surface area (Å²) in [6.07, 6.45) is 1.64. The summed E-state index contributed by atoms with van der Waals surface area (Å²) >= 11 is 0. The van der Waals surface area contributed by atoms with E-state index in [1.165, 1.54) is 0 Å². The molecule has 0 aliphatic rings. The molecule has 0 fully saturated rings. The third kappa shape index (κ3) is 5.33. The third-order valence-electron chi connectivity index (χ3n) is 3.23. The summed E-state index contributed by atoms with van der Waals surface area (Å²) in [5, 5.41) is 0. The highest BCUT2D eigenvalue weighted by Crippen LogP contribution is 2.37. The number of hydrogen-bond donors (Lipinski definition) is 0. The molecule has 3 nitrogen and oxygen atoms in total. The van der Waals surface area contributed by atoms with Gasteiger partial charge in [0.05, 0.1) is 0 Å². The van der Waals surface area contributed by atoms with Gasteiger partial charge in [0.1, 0.15) is 12.0 Å². The van der Waals surface area contributed by atoms with E-state index in [0.717, 1.165) is 23.0 Å². The average molecular weight is 292 g/mol. The smallest absolute Gasteiger partial charge is 0.310 e. The molecule has 1 aromatic rings. The monoisotopic (exact) mass is 292 g/mol. The number of hydrogen-bond acceptors (Lipinski definition) is 3. The quantitative estimate of drug-likeness (QED) is 0.455. The van der Waals surface area contributed by atoms with Gasteiger partial charge in [0, 0.05) is 23.8 Å². The molecule has 0 N–H and O–H groups in total. The Morgan fingerprint density at radius 3 is 2.29 bits per heavy atom. The molecule has 0 aliphatic heterocycles. The van der Waals surface area contributed by atoms with Crippen LogP contribution in [0.15, 0.2) is 12.1 Å². The predicted molar refractivity (Wildman–Crippen MR) is 86.9 cm³/mol. The summed E-state index contributed by atoms with van der Waals surface area (Å²) in [7, 11) is 0. The first-order valence-electron chi connectivity index (χ1n) is 7.58. The minimum absolute atomic E-state index is 0.256. The molecule has 0 heterocycles. The summed E-state index contributed by atoms with van der Waals surface area (Å²) in [5.74, 6) is 0.323. The number of esters is 1. The normalized spacial score (nSPS) is 10.4. The van der Waals surface area contributed by atoms with Crippen LogP contribution in [0, 0.1) is 13.8 Å². The number of ether oxygens (including phenoxy) is 1. The standard InChI is InChI=1S/C16H22O3.C2H6/c1-6-14(18)19-13-10-11(2)9-12(3)15(13)16(4,5)7-8-17;1-2/h8-10H,6-7H2,1-5H3;1-2H3. The fourth-order valence-corrected chi connectivity index (χ4v) is 2.38. The molecular formula is C18H28O3. The van der Waals surface area contributed by atoms with Crippen molar-refractivity contribution in [3.05, 3.63) is 28.8 Å². The molecule has 0 radical (unpaired) electrons. The Morgan fingerprint density at radius 2 is 1.81 bits per heavy atom. The summed E-state index contributed by atoms with van der Waals surface area (Å²) in [5.41, 5.74) is 2.68. The average Bonchev–Trinajstić information content (AvgIpc) is 2.39. The van der Waals surface area contributed by atoms with E-state index >= 15 is 0 Å². The molecule has 0 aliphatic carbocycles. The molecule has 0 amide bonds. The fraction of sp³-hybridized carbons (Fsp3) is 0.556. The number of benzene rings is 1. The van der Waals surface area contributed by atoms with E-state index in [4.69, 9.17) is 4.74 Å². The topological polar surface area (TPSA) is 43.4 Å². The molecule has 0 spiro atoms. The van der Waals surface area contributed by atoms with Gasteiger partial charge in [-0.3, -0.25) is 4.79 Å². The van der Waals surface area contributed by atoms with Gasteiger partial charge in [-0.2, -0.15) is 0 Å². The van der Waals surface area contributed by atoms with E-state index < -0.39 is 0 Å². The van der Waals surface area contributed by atoms with E-state index in [0.29, 0.717) is 18.6 Å². The Morgan fingerprint density at radius 1 is 1.24 bits per heavy atom.